The molecule has 4 nitrogen and oxygen atoms in total. The zero-order valence-corrected chi connectivity index (χ0v) is 18.6. The molecule has 0 saturated carbocycles. The van der Waals surface area contributed by atoms with Crippen molar-refractivity contribution in [1.82, 2.24) is 15.0 Å². The predicted molar refractivity (Wildman–Crippen MR) is 127 cm³/mol. The maximum absolute atomic E-state index is 5.22. The number of fused-ring (bicyclic) bond motifs is 1. The number of rotatable bonds is 1. The van der Waals surface area contributed by atoms with Crippen molar-refractivity contribution in [3.05, 3.63) is 95.2 Å². The van der Waals surface area contributed by atoms with Crippen LogP contribution < -0.4 is 4.74 Å². The Hall–Kier alpha value is -4.15. The molecular weight excluding hydrogens is 394 g/mol. The Labute approximate surface area is 188 Å². The maximum Gasteiger partial charge on any atom is 0.135 e. The Bertz CT molecular complexity index is 1380. The SMILES string of the molecule is COc1ccc(C#Cc2nc(C(C)(C)C)nc3c(C#Cc4ccccc4)cncc23)cc1. The number of methoxy groups -OCH3 is 1. The van der Waals surface area contributed by atoms with Crippen LogP contribution in [-0.2, 0) is 5.41 Å². The van der Waals surface area contributed by atoms with E-state index in [1.165, 1.54) is 0 Å². The highest BCUT2D eigenvalue weighted by molar-refractivity contribution is 5.87. The van der Waals surface area contributed by atoms with Crippen LogP contribution in [0.25, 0.3) is 10.9 Å². The lowest BCUT2D eigenvalue weighted by molar-refractivity contribution is 0.415. The van der Waals surface area contributed by atoms with E-state index < -0.39 is 0 Å². The molecule has 2 aromatic heterocycles. The molecule has 2 heterocycles. The molecule has 4 heteroatoms. The highest BCUT2D eigenvalue weighted by atomic mass is 16.5. The standard InChI is InChI=1S/C28H23N3O/c1-28(2,3)27-30-25(17-13-21-11-15-23(32-4)16-12-21)24-19-29-18-22(26(24)31-27)14-10-20-8-6-5-7-9-20/h5-9,11-12,15-16,18-19H,1-4H3. The van der Waals surface area contributed by atoms with Gasteiger partial charge >= 0.3 is 0 Å². The van der Waals surface area contributed by atoms with Crippen molar-refractivity contribution in [3.63, 3.8) is 0 Å². The molecule has 0 saturated heterocycles. The van der Waals surface area contributed by atoms with Crippen molar-refractivity contribution < 1.29 is 4.74 Å². The van der Waals surface area contributed by atoms with Crippen LogP contribution in [0.2, 0.25) is 0 Å². The van der Waals surface area contributed by atoms with Crippen molar-refractivity contribution in [2.75, 3.05) is 7.11 Å². The molecule has 0 unspecified atom stereocenters. The first kappa shape index (κ1) is 21.1. The van der Waals surface area contributed by atoms with E-state index in [0.29, 0.717) is 5.69 Å². The Balaban J connectivity index is 1.86. The molecule has 0 amide bonds. The van der Waals surface area contributed by atoms with Crippen LogP contribution in [0.5, 0.6) is 5.75 Å². The summed E-state index contributed by atoms with van der Waals surface area (Å²) in [6.07, 6.45) is 3.51. The molecule has 0 aliphatic carbocycles. The zero-order valence-electron chi connectivity index (χ0n) is 18.6. The number of pyridine rings is 1. The minimum Gasteiger partial charge on any atom is -0.497 e. The van der Waals surface area contributed by atoms with Crippen LogP contribution >= 0.6 is 0 Å². The molecule has 4 rings (SSSR count). The summed E-state index contributed by atoms with van der Waals surface area (Å²) in [6.45, 7) is 6.27. The van der Waals surface area contributed by atoms with Gasteiger partial charge in [-0.15, -0.1) is 0 Å². The molecule has 0 aliphatic rings. The highest BCUT2D eigenvalue weighted by Gasteiger charge is 2.20. The molecule has 156 valence electrons. The van der Waals surface area contributed by atoms with Gasteiger partial charge in [0, 0.05) is 28.9 Å². The van der Waals surface area contributed by atoms with Gasteiger partial charge in [0.15, 0.2) is 0 Å². The van der Waals surface area contributed by atoms with Crippen LogP contribution in [0.3, 0.4) is 0 Å². The fourth-order valence-corrected chi connectivity index (χ4v) is 3.03. The van der Waals surface area contributed by atoms with Gasteiger partial charge in [-0.05, 0) is 42.3 Å². The average molecular weight is 418 g/mol. The fraction of sp³-hybridized carbons (Fsp3) is 0.179. The fourth-order valence-electron chi connectivity index (χ4n) is 3.03. The molecular formula is C28H23N3O. The average Bonchev–Trinajstić information content (AvgIpc) is 2.81. The highest BCUT2D eigenvalue weighted by Crippen LogP contribution is 2.24. The second-order valence-electron chi connectivity index (χ2n) is 8.32. The van der Waals surface area contributed by atoms with Gasteiger partial charge in [0.1, 0.15) is 17.3 Å². The van der Waals surface area contributed by atoms with E-state index in [0.717, 1.165) is 39.2 Å². The number of ether oxygens (including phenoxy) is 1. The quantitative estimate of drug-likeness (QED) is 0.403. The first-order chi connectivity index (χ1) is 15.4. The van der Waals surface area contributed by atoms with Crippen molar-refractivity contribution in [2.24, 2.45) is 0 Å². The molecule has 0 aliphatic heterocycles. The summed E-state index contributed by atoms with van der Waals surface area (Å²) >= 11 is 0. The van der Waals surface area contributed by atoms with Gasteiger partial charge in [-0.1, -0.05) is 56.7 Å². The molecule has 0 atom stereocenters. The van der Waals surface area contributed by atoms with Gasteiger partial charge in [0.05, 0.1) is 23.6 Å². The molecule has 0 spiro atoms. The van der Waals surface area contributed by atoms with Crippen molar-refractivity contribution in [2.45, 2.75) is 26.2 Å². The van der Waals surface area contributed by atoms with Crippen molar-refractivity contribution in [3.8, 4) is 29.4 Å². The second-order valence-corrected chi connectivity index (χ2v) is 8.32. The monoisotopic (exact) mass is 417 g/mol. The minimum absolute atomic E-state index is 0.238. The summed E-state index contributed by atoms with van der Waals surface area (Å²) in [6, 6.07) is 17.5. The molecule has 0 bridgehead atoms. The lowest BCUT2D eigenvalue weighted by atomic mass is 9.95. The summed E-state index contributed by atoms with van der Waals surface area (Å²) in [5.41, 5.74) is 3.75. The third kappa shape index (κ3) is 4.77. The van der Waals surface area contributed by atoms with E-state index in [9.17, 15) is 0 Å². The normalized spacial score (nSPS) is 10.6. The van der Waals surface area contributed by atoms with Gasteiger partial charge in [0.25, 0.3) is 0 Å². The largest absolute Gasteiger partial charge is 0.497 e. The van der Waals surface area contributed by atoms with E-state index in [1.807, 2.05) is 54.6 Å². The van der Waals surface area contributed by atoms with Gasteiger partial charge in [0.2, 0.25) is 0 Å². The second kappa shape index (κ2) is 8.92. The predicted octanol–water partition coefficient (Wildman–Crippen LogP) is 5.13. The van der Waals surface area contributed by atoms with E-state index >= 15 is 0 Å². The van der Waals surface area contributed by atoms with Crippen LogP contribution in [0.1, 0.15) is 49.0 Å². The van der Waals surface area contributed by atoms with Crippen molar-refractivity contribution >= 4 is 10.9 Å². The smallest absolute Gasteiger partial charge is 0.135 e. The number of aromatic nitrogens is 3. The van der Waals surface area contributed by atoms with E-state index in [1.54, 1.807) is 19.5 Å². The van der Waals surface area contributed by atoms with E-state index in [2.05, 4.69) is 49.4 Å². The number of hydrogen-bond acceptors (Lipinski definition) is 4. The molecule has 0 fully saturated rings. The Kier molecular flexibility index (Phi) is 5.88. The summed E-state index contributed by atoms with van der Waals surface area (Å²) in [5, 5.41) is 0.791. The maximum atomic E-state index is 5.22. The van der Waals surface area contributed by atoms with E-state index in [-0.39, 0.29) is 5.41 Å². The van der Waals surface area contributed by atoms with Crippen LogP contribution in [0.15, 0.2) is 67.0 Å². The molecule has 2 aromatic carbocycles. The van der Waals surface area contributed by atoms with Gasteiger partial charge in [-0.2, -0.15) is 0 Å². The zero-order chi connectivity index (χ0) is 22.6. The lowest BCUT2D eigenvalue weighted by Gasteiger charge is -2.17. The van der Waals surface area contributed by atoms with Crippen LogP contribution in [0, 0.1) is 23.7 Å². The third-order valence-corrected chi connectivity index (χ3v) is 4.81. The Morgan fingerprint density at radius 1 is 0.750 bits per heavy atom. The lowest BCUT2D eigenvalue weighted by Crippen LogP contribution is -2.17. The van der Waals surface area contributed by atoms with E-state index in [4.69, 9.17) is 14.7 Å². The van der Waals surface area contributed by atoms with Gasteiger partial charge < -0.3 is 4.74 Å². The summed E-state index contributed by atoms with van der Waals surface area (Å²) in [4.78, 5) is 14.0. The minimum atomic E-state index is -0.238. The topological polar surface area (TPSA) is 47.9 Å². The Morgan fingerprint density at radius 3 is 2.12 bits per heavy atom. The molecule has 32 heavy (non-hydrogen) atoms. The van der Waals surface area contributed by atoms with Crippen LogP contribution in [0.4, 0.5) is 0 Å². The molecule has 4 aromatic rings. The third-order valence-electron chi connectivity index (χ3n) is 4.81. The first-order valence-corrected chi connectivity index (χ1v) is 10.3. The summed E-state index contributed by atoms with van der Waals surface area (Å²) < 4.78 is 5.22. The number of hydrogen-bond donors (Lipinski definition) is 0. The van der Waals surface area contributed by atoms with Gasteiger partial charge in [-0.3, -0.25) is 4.98 Å². The number of nitrogens with zero attached hydrogens (tertiary/aromatic N) is 3. The molecule has 0 N–H and O–H groups in total. The Morgan fingerprint density at radius 2 is 1.44 bits per heavy atom. The summed E-state index contributed by atoms with van der Waals surface area (Å²) in [5.74, 6) is 14.4. The molecule has 0 radical (unpaired) electrons. The van der Waals surface area contributed by atoms with Crippen LogP contribution in [-0.4, -0.2) is 22.1 Å². The number of benzene rings is 2. The van der Waals surface area contributed by atoms with Gasteiger partial charge in [-0.25, -0.2) is 9.97 Å². The first-order valence-electron chi connectivity index (χ1n) is 10.3. The summed E-state index contributed by atoms with van der Waals surface area (Å²) in [7, 11) is 1.65. The van der Waals surface area contributed by atoms with Crippen molar-refractivity contribution in [1.29, 1.82) is 0 Å².